The molecule has 1 atom stereocenters. The number of carbonyl (C=O) groups excluding carboxylic acids is 1. The van der Waals surface area contributed by atoms with Crippen molar-refractivity contribution < 1.29 is 9.53 Å². The van der Waals surface area contributed by atoms with E-state index in [-0.39, 0.29) is 12.0 Å². The summed E-state index contributed by atoms with van der Waals surface area (Å²) in [6, 6.07) is 0. The molecule has 0 saturated carbocycles. The number of amides is 1. The van der Waals surface area contributed by atoms with Gasteiger partial charge >= 0.3 is 0 Å². The highest BCUT2D eigenvalue weighted by atomic mass is 32.1. The highest BCUT2D eigenvalue weighted by Crippen LogP contribution is 2.37. The molecule has 1 N–H and O–H groups in total. The third-order valence-electron chi connectivity index (χ3n) is 4.54. The zero-order chi connectivity index (χ0) is 15.8. The lowest BCUT2D eigenvalue weighted by atomic mass is 10.0. The number of hydrogen-bond donors (Lipinski definition) is 1. The maximum Gasteiger partial charge on any atom is 0.228 e. The van der Waals surface area contributed by atoms with E-state index in [2.05, 4.69) is 15.4 Å². The highest BCUT2D eigenvalue weighted by molar-refractivity contribution is 7.16. The van der Waals surface area contributed by atoms with Gasteiger partial charge in [0.15, 0.2) is 5.13 Å². The average Bonchev–Trinajstić information content (AvgIpc) is 3.11. The van der Waals surface area contributed by atoms with Crippen LogP contribution in [0.4, 0.5) is 5.13 Å². The van der Waals surface area contributed by atoms with Crippen molar-refractivity contribution in [2.75, 3.05) is 11.9 Å². The number of thiazole rings is 1. The van der Waals surface area contributed by atoms with Crippen LogP contribution in [0.3, 0.4) is 0 Å². The molecule has 2 aromatic heterocycles. The Morgan fingerprint density at radius 3 is 3.22 bits per heavy atom. The maximum absolute atomic E-state index is 12.2. The summed E-state index contributed by atoms with van der Waals surface area (Å²) in [5, 5.41) is 7.95. The average molecular weight is 332 g/mol. The second kappa shape index (κ2) is 6.05. The lowest BCUT2D eigenvalue weighted by Crippen LogP contribution is -2.25. The molecule has 0 bridgehead atoms. The minimum absolute atomic E-state index is 0.00518. The van der Waals surface area contributed by atoms with Crippen LogP contribution in [-0.4, -0.2) is 33.4 Å². The van der Waals surface area contributed by atoms with Gasteiger partial charge in [0.1, 0.15) is 0 Å². The Morgan fingerprint density at radius 2 is 2.39 bits per heavy atom. The van der Waals surface area contributed by atoms with Gasteiger partial charge in [0, 0.05) is 29.8 Å². The van der Waals surface area contributed by atoms with Gasteiger partial charge in [-0.2, -0.15) is 5.10 Å². The number of carbonyl (C=O) groups is 1. The molecule has 122 valence electrons. The molecular weight excluding hydrogens is 312 g/mol. The van der Waals surface area contributed by atoms with Gasteiger partial charge in [0.05, 0.1) is 24.4 Å². The number of ether oxygens (including phenoxy) is 1. The number of fused-ring (bicyclic) bond motifs is 3. The fourth-order valence-corrected chi connectivity index (χ4v) is 4.31. The molecule has 1 fully saturated rings. The van der Waals surface area contributed by atoms with Crippen molar-refractivity contribution in [2.45, 2.75) is 44.6 Å². The van der Waals surface area contributed by atoms with E-state index >= 15 is 0 Å². The van der Waals surface area contributed by atoms with Crippen LogP contribution >= 0.6 is 11.3 Å². The van der Waals surface area contributed by atoms with E-state index in [1.54, 1.807) is 11.3 Å². The summed E-state index contributed by atoms with van der Waals surface area (Å²) in [4.78, 5) is 18.1. The predicted octanol–water partition coefficient (Wildman–Crippen LogP) is 2.54. The molecular formula is C16H20N4O2S. The fraction of sp³-hybridized carbons (Fsp3) is 0.562. The zero-order valence-electron chi connectivity index (χ0n) is 13.2. The van der Waals surface area contributed by atoms with Crippen LogP contribution in [0.15, 0.2) is 6.20 Å². The number of aryl methyl sites for hydroxylation is 2. The largest absolute Gasteiger partial charge is 0.378 e. The van der Waals surface area contributed by atoms with Gasteiger partial charge in [-0.3, -0.25) is 9.48 Å². The van der Waals surface area contributed by atoms with Gasteiger partial charge in [0.25, 0.3) is 0 Å². The molecule has 1 aliphatic heterocycles. The van der Waals surface area contributed by atoms with Gasteiger partial charge in [0.2, 0.25) is 5.91 Å². The molecule has 2 aromatic rings. The van der Waals surface area contributed by atoms with Crippen LogP contribution in [0.25, 0.3) is 11.3 Å². The summed E-state index contributed by atoms with van der Waals surface area (Å²) in [6.07, 6.45) is 7.50. The summed E-state index contributed by atoms with van der Waals surface area (Å²) in [7, 11) is 1.96. The predicted molar refractivity (Wildman–Crippen MR) is 88.6 cm³/mol. The van der Waals surface area contributed by atoms with Crippen LogP contribution < -0.4 is 5.32 Å². The molecule has 0 radical (unpaired) electrons. The Hall–Kier alpha value is -1.73. The molecule has 2 aliphatic rings. The quantitative estimate of drug-likeness (QED) is 0.938. The number of rotatable bonds is 3. The zero-order valence-corrected chi connectivity index (χ0v) is 14.0. The highest BCUT2D eigenvalue weighted by Gasteiger charge is 2.25. The Kier molecular flexibility index (Phi) is 3.90. The standard InChI is InChI=1S/C16H20N4O2S/c1-20-12-5-6-13-15(11(12)9-17-20)19-16(23-13)18-14(21)8-10-4-2-3-7-22-10/h9-10H,2-8H2,1H3,(H,18,19,21). The molecule has 1 amide bonds. The second-order valence-corrected chi connectivity index (χ2v) is 7.24. The maximum atomic E-state index is 12.2. The van der Waals surface area contributed by atoms with E-state index in [1.165, 1.54) is 10.6 Å². The summed E-state index contributed by atoms with van der Waals surface area (Å²) >= 11 is 1.58. The van der Waals surface area contributed by atoms with Crippen molar-refractivity contribution in [2.24, 2.45) is 7.05 Å². The van der Waals surface area contributed by atoms with Crippen LogP contribution in [0, 0.1) is 0 Å². The van der Waals surface area contributed by atoms with Crippen LogP contribution in [0.1, 0.15) is 36.3 Å². The molecule has 0 spiro atoms. The third kappa shape index (κ3) is 2.90. The molecule has 6 nitrogen and oxygen atoms in total. The fourth-order valence-electron chi connectivity index (χ4n) is 3.32. The second-order valence-electron chi connectivity index (χ2n) is 6.16. The van der Waals surface area contributed by atoms with Crippen molar-refractivity contribution in [1.82, 2.24) is 14.8 Å². The topological polar surface area (TPSA) is 69.0 Å². The lowest BCUT2D eigenvalue weighted by molar-refractivity contribution is -0.119. The summed E-state index contributed by atoms with van der Waals surface area (Å²) in [5.74, 6) is -0.00518. The summed E-state index contributed by atoms with van der Waals surface area (Å²) in [5.41, 5.74) is 3.30. The molecule has 7 heteroatoms. The van der Waals surface area contributed by atoms with E-state index in [4.69, 9.17) is 4.74 Å². The first-order valence-corrected chi connectivity index (χ1v) is 8.95. The van der Waals surface area contributed by atoms with Crippen LogP contribution in [0.2, 0.25) is 0 Å². The number of nitrogens with zero attached hydrogens (tertiary/aromatic N) is 3. The van der Waals surface area contributed by atoms with Crippen molar-refractivity contribution in [3.8, 4) is 11.3 Å². The first-order valence-electron chi connectivity index (χ1n) is 8.13. The lowest BCUT2D eigenvalue weighted by Gasteiger charge is -2.21. The van der Waals surface area contributed by atoms with E-state index in [0.717, 1.165) is 50.0 Å². The van der Waals surface area contributed by atoms with Crippen molar-refractivity contribution >= 4 is 22.4 Å². The first-order chi connectivity index (χ1) is 11.2. The SMILES string of the molecule is Cn1ncc2c1CCc1sc(NC(=O)CC3CCCCO3)nc1-2. The van der Waals surface area contributed by atoms with Crippen molar-refractivity contribution in [3.63, 3.8) is 0 Å². The minimum atomic E-state index is -0.00518. The van der Waals surface area contributed by atoms with Crippen molar-refractivity contribution in [1.29, 1.82) is 0 Å². The van der Waals surface area contributed by atoms with Gasteiger partial charge in [-0.1, -0.05) is 0 Å². The normalized spacial score (nSPS) is 20.0. The monoisotopic (exact) mass is 332 g/mol. The summed E-state index contributed by atoms with van der Waals surface area (Å²) < 4.78 is 7.54. The Balaban J connectivity index is 1.47. The first kappa shape index (κ1) is 14.8. The van der Waals surface area contributed by atoms with E-state index in [1.807, 2.05) is 17.9 Å². The molecule has 23 heavy (non-hydrogen) atoms. The summed E-state index contributed by atoms with van der Waals surface area (Å²) in [6.45, 7) is 0.771. The molecule has 1 unspecified atom stereocenters. The van der Waals surface area contributed by atoms with Crippen LogP contribution in [0.5, 0.6) is 0 Å². The van der Waals surface area contributed by atoms with Gasteiger partial charge in [-0.15, -0.1) is 11.3 Å². The number of hydrogen-bond acceptors (Lipinski definition) is 5. The Morgan fingerprint density at radius 1 is 1.48 bits per heavy atom. The van der Waals surface area contributed by atoms with Gasteiger partial charge < -0.3 is 10.1 Å². The van der Waals surface area contributed by atoms with E-state index in [9.17, 15) is 4.79 Å². The minimum Gasteiger partial charge on any atom is -0.378 e. The molecule has 3 heterocycles. The molecule has 1 saturated heterocycles. The van der Waals surface area contributed by atoms with Crippen LogP contribution in [-0.2, 0) is 29.4 Å². The van der Waals surface area contributed by atoms with E-state index in [0.29, 0.717) is 11.6 Å². The molecule has 4 rings (SSSR count). The molecule has 0 aromatic carbocycles. The number of aromatic nitrogens is 3. The van der Waals surface area contributed by atoms with Gasteiger partial charge in [-0.25, -0.2) is 4.98 Å². The van der Waals surface area contributed by atoms with Gasteiger partial charge in [-0.05, 0) is 32.1 Å². The number of nitrogens with one attached hydrogen (secondary N) is 1. The molecule has 1 aliphatic carbocycles. The smallest absolute Gasteiger partial charge is 0.228 e. The third-order valence-corrected chi connectivity index (χ3v) is 5.57. The number of anilines is 1. The Labute approximate surface area is 138 Å². The van der Waals surface area contributed by atoms with Crippen molar-refractivity contribution in [3.05, 3.63) is 16.8 Å². The Bertz CT molecular complexity index is 731. The van der Waals surface area contributed by atoms with E-state index < -0.39 is 0 Å².